The molecule has 288 valence electrons. The highest BCUT2D eigenvalue weighted by Gasteiger charge is 2.50. The Bertz CT molecular complexity index is 3780. The van der Waals surface area contributed by atoms with E-state index in [1.807, 2.05) is 6.07 Å². The zero-order chi connectivity index (χ0) is 40.5. The van der Waals surface area contributed by atoms with E-state index in [9.17, 15) is 0 Å². The van der Waals surface area contributed by atoms with Gasteiger partial charge in [-0.2, -0.15) is 0 Å². The minimum atomic E-state index is -0.537. The van der Waals surface area contributed by atoms with Gasteiger partial charge in [0.15, 0.2) is 0 Å². The predicted octanol–water partition coefficient (Wildman–Crippen LogP) is 15.6. The molecule has 2 aliphatic carbocycles. The highest BCUT2D eigenvalue weighted by molar-refractivity contribution is 6.12. The van der Waals surface area contributed by atoms with Crippen molar-refractivity contribution in [3.05, 3.63) is 241 Å². The molecule has 12 aromatic rings. The Balaban J connectivity index is 1.08. The van der Waals surface area contributed by atoms with Gasteiger partial charge in [0.05, 0.1) is 16.4 Å². The Labute approximate surface area is 358 Å². The van der Waals surface area contributed by atoms with Gasteiger partial charge in [-0.1, -0.05) is 152 Å². The van der Waals surface area contributed by atoms with E-state index >= 15 is 0 Å². The molecule has 2 aromatic heterocycles. The molecular formula is C59H36N2O. The van der Waals surface area contributed by atoms with E-state index in [0.717, 1.165) is 50.2 Å². The number of hydrogen-bond acceptors (Lipinski definition) is 2. The average Bonchev–Trinajstić information content (AvgIpc) is 3.97. The van der Waals surface area contributed by atoms with Crippen molar-refractivity contribution in [2.75, 3.05) is 4.90 Å². The van der Waals surface area contributed by atoms with Gasteiger partial charge >= 0.3 is 0 Å². The summed E-state index contributed by atoms with van der Waals surface area (Å²) in [6.07, 6.45) is 0. The summed E-state index contributed by atoms with van der Waals surface area (Å²) < 4.78 is 8.99. The Kier molecular flexibility index (Phi) is 6.76. The Morgan fingerprint density at radius 1 is 0.355 bits per heavy atom. The van der Waals surface area contributed by atoms with Crippen molar-refractivity contribution in [1.29, 1.82) is 0 Å². The third-order valence-electron chi connectivity index (χ3n) is 13.8. The van der Waals surface area contributed by atoms with Crippen molar-refractivity contribution in [1.82, 2.24) is 4.57 Å². The van der Waals surface area contributed by atoms with Gasteiger partial charge in [0.1, 0.15) is 11.2 Å². The molecule has 0 N–H and O–H groups in total. The lowest BCUT2D eigenvalue weighted by Gasteiger charge is -2.40. The van der Waals surface area contributed by atoms with Crippen LogP contribution in [0, 0.1) is 0 Å². The van der Waals surface area contributed by atoms with Gasteiger partial charge in [-0.05, 0) is 116 Å². The zero-order valence-electron chi connectivity index (χ0n) is 33.6. The van der Waals surface area contributed by atoms with Crippen molar-refractivity contribution in [2.24, 2.45) is 0 Å². The van der Waals surface area contributed by atoms with Gasteiger partial charge < -0.3 is 13.9 Å². The SMILES string of the molecule is c1ccc(-n2c3ccccc3c3ccc(N(c4ccc5c(c4)C4(c6ccccc6-c6ccccc64)c4cccc6cccc-5c46)c4ccc5c(c4)oc4ccccc45)cc32)cc1. The normalized spacial score (nSPS) is 13.3. The second kappa shape index (κ2) is 12.4. The van der Waals surface area contributed by atoms with E-state index in [0.29, 0.717) is 0 Å². The molecule has 62 heavy (non-hydrogen) atoms. The van der Waals surface area contributed by atoms with Gasteiger partial charge in [-0.3, -0.25) is 0 Å². The van der Waals surface area contributed by atoms with Gasteiger partial charge in [-0.25, -0.2) is 0 Å². The van der Waals surface area contributed by atoms with E-state index < -0.39 is 5.41 Å². The fraction of sp³-hybridized carbons (Fsp3) is 0.0169. The second-order valence-electron chi connectivity index (χ2n) is 16.8. The fourth-order valence-corrected chi connectivity index (χ4v) is 11.3. The first-order valence-electron chi connectivity index (χ1n) is 21.4. The van der Waals surface area contributed by atoms with E-state index in [4.69, 9.17) is 4.42 Å². The summed E-state index contributed by atoms with van der Waals surface area (Å²) >= 11 is 0. The first-order chi connectivity index (χ1) is 30.8. The molecule has 0 unspecified atom stereocenters. The molecule has 10 aromatic carbocycles. The number of fused-ring (bicyclic) bond motifs is 15. The molecule has 0 saturated heterocycles. The van der Waals surface area contributed by atoms with Crippen LogP contribution in [-0.4, -0.2) is 4.57 Å². The summed E-state index contributed by atoms with van der Waals surface area (Å²) in [5.41, 5.74) is 18.2. The number of furan rings is 1. The molecule has 3 nitrogen and oxygen atoms in total. The van der Waals surface area contributed by atoms with Crippen molar-refractivity contribution in [2.45, 2.75) is 5.41 Å². The summed E-state index contributed by atoms with van der Waals surface area (Å²) in [5, 5.41) is 7.27. The molecule has 2 heterocycles. The molecule has 0 aliphatic heterocycles. The van der Waals surface area contributed by atoms with Crippen LogP contribution < -0.4 is 4.90 Å². The summed E-state index contributed by atoms with van der Waals surface area (Å²) in [5.74, 6) is 0. The van der Waals surface area contributed by atoms with Crippen LogP contribution >= 0.6 is 0 Å². The standard InChI is InChI=1S/C59H36N2O/c1-2-16-38(17-3-1)61-54-26-10-6-20-45(54)46-32-29-40(35-55(46)61)60(41-30-33-48-47-21-7-11-27-56(47)62-57(48)36-41)39-28-31-44-49-22-12-14-37-15-13-25-52(58(37)49)59(53(44)34-39)50-23-8-4-18-42(50)43-19-5-9-24-51(43)59/h1-36H. The van der Waals surface area contributed by atoms with Crippen LogP contribution in [0.3, 0.4) is 0 Å². The maximum Gasteiger partial charge on any atom is 0.137 e. The Morgan fingerprint density at radius 2 is 0.919 bits per heavy atom. The lowest BCUT2D eigenvalue weighted by molar-refractivity contribution is 0.669. The summed E-state index contributed by atoms with van der Waals surface area (Å²) in [4.78, 5) is 2.43. The number of anilines is 3. The maximum atomic E-state index is 6.59. The topological polar surface area (TPSA) is 21.3 Å². The van der Waals surface area contributed by atoms with Crippen molar-refractivity contribution in [3.8, 4) is 27.9 Å². The fourth-order valence-electron chi connectivity index (χ4n) is 11.3. The second-order valence-corrected chi connectivity index (χ2v) is 16.8. The molecular weight excluding hydrogens is 753 g/mol. The van der Waals surface area contributed by atoms with E-state index in [-0.39, 0.29) is 0 Å². The highest BCUT2D eigenvalue weighted by atomic mass is 16.3. The average molecular weight is 789 g/mol. The number of rotatable bonds is 4. The van der Waals surface area contributed by atoms with Crippen LogP contribution in [0.5, 0.6) is 0 Å². The maximum absolute atomic E-state index is 6.59. The molecule has 0 bridgehead atoms. The molecule has 0 radical (unpaired) electrons. The first-order valence-corrected chi connectivity index (χ1v) is 21.4. The van der Waals surface area contributed by atoms with E-state index in [2.05, 4.69) is 222 Å². The highest BCUT2D eigenvalue weighted by Crippen LogP contribution is 2.62. The number of aromatic nitrogens is 1. The molecule has 0 atom stereocenters. The number of benzene rings is 10. The van der Waals surface area contributed by atoms with Gasteiger partial charge in [0.25, 0.3) is 0 Å². The first kappa shape index (κ1) is 33.7. The smallest absolute Gasteiger partial charge is 0.137 e. The van der Waals surface area contributed by atoms with Crippen LogP contribution in [0.2, 0.25) is 0 Å². The monoisotopic (exact) mass is 788 g/mol. The molecule has 3 heteroatoms. The Morgan fingerprint density at radius 3 is 1.74 bits per heavy atom. The summed E-state index contributed by atoms with van der Waals surface area (Å²) in [6.45, 7) is 0. The predicted molar refractivity (Wildman–Crippen MR) is 257 cm³/mol. The third-order valence-corrected chi connectivity index (χ3v) is 13.8. The molecule has 0 saturated carbocycles. The van der Waals surface area contributed by atoms with Gasteiger partial charge in [0.2, 0.25) is 0 Å². The zero-order valence-corrected chi connectivity index (χ0v) is 33.6. The quantitative estimate of drug-likeness (QED) is 0.177. The largest absolute Gasteiger partial charge is 0.456 e. The molecule has 0 fully saturated rings. The lowest BCUT2D eigenvalue weighted by Crippen LogP contribution is -2.32. The molecule has 1 spiro atoms. The minimum Gasteiger partial charge on any atom is -0.456 e. The van der Waals surface area contributed by atoms with Crippen molar-refractivity contribution >= 4 is 71.6 Å². The van der Waals surface area contributed by atoms with Crippen molar-refractivity contribution in [3.63, 3.8) is 0 Å². The molecule has 14 rings (SSSR count). The van der Waals surface area contributed by atoms with Gasteiger partial charge in [-0.15, -0.1) is 0 Å². The van der Waals surface area contributed by atoms with E-state index in [1.54, 1.807) is 0 Å². The lowest BCUT2D eigenvalue weighted by atomic mass is 9.61. The number of nitrogens with zero attached hydrogens (tertiary/aromatic N) is 2. The minimum absolute atomic E-state index is 0.537. The number of hydrogen-bond donors (Lipinski definition) is 0. The summed E-state index contributed by atoms with van der Waals surface area (Å²) in [7, 11) is 0. The van der Waals surface area contributed by atoms with Crippen LogP contribution in [0.25, 0.3) is 82.5 Å². The van der Waals surface area contributed by atoms with Gasteiger partial charge in [0, 0.05) is 50.4 Å². The van der Waals surface area contributed by atoms with Crippen LogP contribution in [0.4, 0.5) is 17.1 Å². The molecule has 2 aliphatic rings. The number of para-hydroxylation sites is 3. The summed E-state index contributed by atoms with van der Waals surface area (Å²) in [6, 6.07) is 80.5. The van der Waals surface area contributed by atoms with Crippen molar-refractivity contribution < 1.29 is 4.42 Å². The van der Waals surface area contributed by atoms with Crippen LogP contribution in [-0.2, 0) is 5.41 Å². The van der Waals surface area contributed by atoms with E-state index in [1.165, 1.54) is 71.6 Å². The molecule has 0 amide bonds. The van der Waals surface area contributed by atoms with Crippen LogP contribution in [0.1, 0.15) is 22.3 Å². The Hall–Kier alpha value is -8.14. The third kappa shape index (κ3) is 4.39. The van der Waals surface area contributed by atoms with Crippen LogP contribution in [0.15, 0.2) is 223 Å².